The second-order valence-electron chi connectivity index (χ2n) is 9.77. The minimum Gasteiger partial charge on any atom is -0.326 e. The van der Waals surface area contributed by atoms with Crippen LogP contribution in [0.4, 0.5) is 5.13 Å². The van der Waals surface area contributed by atoms with Crippen LogP contribution in [0.3, 0.4) is 0 Å². The summed E-state index contributed by atoms with van der Waals surface area (Å²) in [4.78, 5) is 20.5. The maximum absolute atomic E-state index is 13.1. The van der Waals surface area contributed by atoms with Gasteiger partial charge in [-0.15, -0.1) is 0 Å². The molecule has 7 nitrogen and oxygen atoms in total. The Morgan fingerprint density at radius 3 is 2.53 bits per heavy atom. The molecule has 2 N–H and O–H groups in total. The summed E-state index contributed by atoms with van der Waals surface area (Å²) in [5.41, 5.74) is 2.81. The number of carbonyl (C=O) groups is 1. The number of quaternary nitrogens is 1. The molecule has 0 saturated heterocycles. The molecule has 9 heteroatoms. The van der Waals surface area contributed by atoms with E-state index in [0.717, 1.165) is 57.4 Å². The van der Waals surface area contributed by atoms with Gasteiger partial charge >= 0.3 is 0 Å². The van der Waals surface area contributed by atoms with E-state index >= 15 is 0 Å². The lowest BCUT2D eigenvalue weighted by Crippen LogP contribution is -3.10. The minimum atomic E-state index is -3.58. The molecule has 2 aliphatic rings. The highest BCUT2D eigenvalue weighted by molar-refractivity contribution is 7.89. The smallest absolute Gasteiger partial charge is 0.257 e. The number of benzene rings is 2. The van der Waals surface area contributed by atoms with Crippen LogP contribution < -0.4 is 10.2 Å². The third-order valence-corrected chi connectivity index (χ3v) is 10.2. The maximum Gasteiger partial charge on any atom is 0.257 e. The molecular weight excluding hydrogens is 492 g/mol. The van der Waals surface area contributed by atoms with Gasteiger partial charge in [0.15, 0.2) is 5.13 Å². The number of carbonyl (C=O) groups excluding carboxylic acids is 1. The fourth-order valence-corrected chi connectivity index (χ4v) is 7.66. The largest absolute Gasteiger partial charge is 0.326 e. The number of amides is 1. The standard InChI is InChI=1S/C27H32N4O3S2/c1-30(22-10-6-3-7-11-22)36(33,34)23-14-12-21(13-15-23)26(32)29-27-28-24-16-17-31(19-25(24)35-27)18-20-8-4-2-5-9-20/h2,4-5,8-9,12-15,22H,3,6-7,10-11,16-19H2,1H3,(H,28,29,32)/p+1. The molecule has 0 radical (unpaired) electrons. The lowest BCUT2D eigenvalue weighted by atomic mass is 9.96. The van der Waals surface area contributed by atoms with Gasteiger partial charge in [-0.25, -0.2) is 13.4 Å². The van der Waals surface area contributed by atoms with Crippen LogP contribution in [-0.4, -0.2) is 43.2 Å². The summed E-state index contributed by atoms with van der Waals surface area (Å²) >= 11 is 1.53. The van der Waals surface area contributed by atoms with Crippen molar-refractivity contribution in [1.29, 1.82) is 0 Å². The molecule has 1 atom stereocenters. The molecule has 0 bridgehead atoms. The molecule has 1 unspecified atom stereocenters. The number of sulfonamides is 1. The molecule has 2 heterocycles. The molecule has 190 valence electrons. The van der Waals surface area contributed by atoms with Gasteiger partial charge in [-0.2, -0.15) is 4.31 Å². The summed E-state index contributed by atoms with van der Waals surface area (Å²) in [5, 5.41) is 3.51. The normalized spacial score (nSPS) is 18.7. The lowest BCUT2D eigenvalue weighted by molar-refractivity contribution is -0.929. The summed E-state index contributed by atoms with van der Waals surface area (Å²) in [6, 6.07) is 16.8. The Morgan fingerprint density at radius 1 is 1.08 bits per heavy atom. The molecule has 0 spiro atoms. The summed E-state index contributed by atoms with van der Waals surface area (Å²) < 4.78 is 27.6. The molecule has 5 rings (SSSR count). The van der Waals surface area contributed by atoms with Gasteiger partial charge in [0.25, 0.3) is 5.91 Å². The van der Waals surface area contributed by atoms with Gasteiger partial charge in [0.05, 0.1) is 22.0 Å². The van der Waals surface area contributed by atoms with Gasteiger partial charge in [0, 0.05) is 30.6 Å². The Hall–Kier alpha value is -2.59. The number of anilines is 1. The van der Waals surface area contributed by atoms with Crippen LogP contribution in [0.2, 0.25) is 0 Å². The molecule has 1 aliphatic carbocycles. The maximum atomic E-state index is 13.1. The van der Waals surface area contributed by atoms with Gasteiger partial charge in [-0.1, -0.05) is 60.9 Å². The van der Waals surface area contributed by atoms with Crippen LogP contribution in [-0.2, 0) is 29.5 Å². The molecule has 1 aromatic heterocycles. The van der Waals surface area contributed by atoms with Crippen molar-refractivity contribution in [2.45, 2.75) is 62.6 Å². The van der Waals surface area contributed by atoms with E-state index in [-0.39, 0.29) is 16.8 Å². The van der Waals surface area contributed by atoms with Gasteiger partial charge in [0.2, 0.25) is 10.0 Å². The van der Waals surface area contributed by atoms with Crippen LogP contribution in [0.5, 0.6) is 0 Å². The van der Waals surface area contributed by atoms with E-state index in [0.29, 0.717) is 10.7 Å². The van der Waals surface area contributed by atoms with E-state index < -0.39 is 10.0 Å². The average molecular weight is 526 g/mol. The summed E-state index contributed by atoms with van der Waals surface area (Å²) in [7, 11) is -1.92. The van der Waals surface area contributed by atoms with Crippen molar-refractivity contribution in [1.82, 2.24) is 9.29 Å². The Morgan fingerprint density at radius 2 is 1.81 bits per heavy atom. The van der Waals surface area contributed by atoms with Crippen LogP contribution in [0.15, 0.2) is 59.5 Å². The first-order chi connectivity index (χ1) is 17.4. The van der Waals surface area contributed by atoms with Gasteiger partial charge in [-0.3, -0.25) is 10.1 Å². The van der Waals surface area contributed by atoms with Gasteiger partial charge < -0.3 is 4.90 Å². The molecule has 2 aromatic carbocycles. The van der Waals surface area contributed by atoms with Crippen molar-refractivity contribution < 1.29 is 18.1 Å². The average Bonchev–Trinajstić information content (AvgIpc) is 3.31. The van der Waals surface area contributed by atoms with E-state index in [4.69, 9.17) is 0 Å². The monoisotopic (exact) mass is 525 g/mol. The van der Waals surface area contributed by atoms with Crippen molar-refractivity contribution in [3.05, 3.63) is 76.3 Å². The minimum absolute atomic E-state index is 0.0492. The summed E-state index contributed by atoms with van der Waals surface area (Å²) in [6.07, 6.45) is 6.00. The highest BCUT2D eigenvalue weighted by atomic mass is 32.2. The SMILES string of the molecule is CN(C1CCCCC1)S(=O)(=O)c1ccc(C(=O)Nc2nc3c(s2)C[NH+](Cc2ccccc2)CC3)cc1. The van der Waals surface area contributed by atoms with Crippen molar-refractivity contribution in [3.8, 4) is 0 Å². The summed E-state index contributed by atoms with van der Waals surface area (Å²) in [5.74, 6) is -0.279. The first kappa shape index (κ1) is 25.1. The first-order valence-corrected chi connectivity index (χ1v) is 14.9. The Balaban J connectivity index is 1.21. The number of rotatable bonds is 7. The molecule has 3 aromatic rings. The van der Waals surface area contributed by atoms with E-state index in [2.05, 4.69) is 34.6 Å². The first-order valence-electron chi connectivity index (χ1n) is 12.7. The quantitative estimate of drug-likeness (QED) is 0.495. The lowest BCUT2D eigenvalue weighted by Gasteiger charge is -2.30. The van der Waals surface area contributed by atoms with Crippen LogP contribution in [0, 0.1) is 0 Å². The molecular formula is C27H33N4O3S2+. The number of aromatic nitrogens is 1. The zero-order valence-corrected chi connectivity index (χ0v) is 22.2. The van der Waals surface area contributed by atoms with Crippen molar-refractivity contribution in [2.24, 2.45) is 0 Å². The number of thiazole rings is 1. The fourth-order valence-electron chi connectivity index (χ4n) is 5.17. The van der Waals surface area contributed by atoms with Crippen molar-refractivity contribution in [2.75, 3.05) is 18.9 Å². The zero-order chi connectivity index (χ0) is 25.1. The van der Waals surface area contributed by atoms with Crippen LogP contribution in [0.25, 0.3) is 0 Å². The van der Waals surface area contributed by atoms with E-state index in [9.17, 15) is 13.2 Å². The predicted octanol–water partition coefficient (Wildman–Crippen LogP) is 3.49. The molecule has 1 saturated carbocycles. The topological polar surface area (TPSA) is 83.8 Å². The number of hydrogen-bond donors (Lipinski definition) is 2. The van der Waals surface area contributed by atoms with Crippen LogP contribution >= 0.6 is 11.3 Å². The van der Waals surface area contributed by atoms with Gasteiger partial charge in [0.1, 0.15) is 13.1 Å². The fraction of sp³-hybridized carbons (Fsp3) is 0.407. The second-order valence-corrected chi connectivity index (χ2v) is 12.9. The van der Waals surface area contributed by atoms with E-state index in [1.54, 1.807) is 19.2 Å². The molecule has 36 heavy (non-hydrogen) atoms. The number of fused-ring (bicyclic) bond motifs is 1. The van der Waals surface area contributed by atoms with E-state index in [1.165, 1.54) is 49.5 Å². The Labute approximate surface area is 217 Å². The second kappa shape index (κ2) is 10.8. The molecule has 1 aliphatic heterocycles. The highest BCUT2D eigenvalue weighted by Gasteiger charge is 2.29. The van der Waals surface area contributed by atoms with Crippen LogP contribution in [0.1, 0.15) is 58.6 Å². The third kappa shape index (κ3) is 5.54. The highest BCUT2D eigenvalue weighted by Crippen LogP contribution is 2.27. The van der Waals surface area contributed by atoms with E-state index in [1.807, 2.05) is 6.07 Å². The number of hydrogen-bond acceptors (Lipinski definition) is 5. The number of nitrogens with one attached hydrogen (secondary N) is 2. The Kier molecular flexibility index (Phi) is 7.52. The molecule has 1 amide bonds. The number of nitrogens with zero attached hydrogens (tertiary/aromatic N) is 2. The van der Waals surface area contributed by atoms with Gasteiger partial charge in [-0.05, 0) is 37.1 Å². The zero-order valence-electron chi connectivity index (χ0n) is 20.6. The van der Waals surface area contributed by atoms with Crippen molar-refractivity contribution in [3.63, 3.8) is 0 Å². The third-order valence-electron chi connectivity index (χ3n) is 7.30. The molecule has 1 fully saturated rings. The Bertz CT molecular complexity index is 1300. The predicted molar refractivity (Wildman–Crippen MR) is 142 cm³/mol. The van der Waals surface area contributed by atoms with Crippen molar-refractivity contribution >= 4 is 32.4 Å². The summed E-state index contributed by atoms with van der Waals surface area (Å²) in [6.45, 7) is 2.90.